The van der Waals surface area contributed by atoms with Crippen LogP contribution in [0.3, 0.4) is 0 Å². The van der Waals surface area contributed by atoms with Gasteiger partial charge in [0, 0.05) is 12.7 Å². The molecule has 2 aromatic rings. The van der Waals surface area contributed by atoms with Crippen LogP contribution < -0.4 is 5.84 Å². The Balaban J connectivity index is 2.11. The molecule has 0 radical (unpaired) electrons. The highest BCUT2D eigenvalue weighted by Gasteiger charge is 2.37. The first-order chi connectivity index (χ1) is 10.4. The van der Waals surface area contributed by atoms with Crippen molar-refractivity contribution in [3.63, 3.8) is 0 Å². The fourth-order valence-electron chi connectivity index (χ4n) is 1.95. The SMILES string of the molecule is NN(CCc1ccccc1)C(=O)c1cccnc1C(F)(F)F. The van der Waals surface area contributed by atoms with Gasteiger partial charge in [0.25, 0.3) is 5.91 Å². The molecule has 0 spiro atoms. The predicted molar refractivity (Wildman–Crippen MR) is 74.6 cm³/mol. The van der Waals surface area contributed by atoms with Crippen LogP contribution in [0.5, 0.6) is 0 Å². The van der Waals surface area contributed by atoms with Gasteiger partial charge in [0.2, 0.25) is 0 Å². The average Bonchev–Trinajstić information content (AvgIpc) is 2.52. The Morgan fingerprint density at radius 2 is 1.82 bits per heavy atom. The van der Waals surface area contributed by atoms with Crippen LogP contribution in [0, 0.1) is 0 Å². The average molecular weight is 309 g/mol. The molecule has 0 atom stereocenters. The molecule has 116 valence electrons. The predicted octanol–water partition coefficient (Wildman–Crippen LogP) is 2.66. The van der Waals surface area contributed by atoms with Crippen LogP contribution in [0.4, 0.5) is 13.2 Å². The van der Waals surface area contributed by atoms with E-state index in [1.165, 1.54) is 6.07 Å². The molecule has 1 amide bonds. The van der Waals surface area contributed by atoms with Crippen molar-refractivity contribution in [1.82, 2.24) is 9.99 Å². The molecule has 7 heteroatoms. The number of nitrogens with zero attached hydrogens (tertiary/aromatic N) is 2. The fraction of sp³-hybridized carbons (Fsp3) is 0.200. The second-order valence-electron chi connectivity index (χ2n) is 4.63. The van der Waals surface area contributed by atoms with Crippen molar-refractivity contribution in [3.8, 4) is 0 Å². The fourth-order valence-corrected chi connectivity index (χ4v) is 1.95. The van der Waals surface area contributed by atoms with Crippen LogP contribution in [-0.2, 0) is 12.6 Å². The lowest BCUT2D eigenvalue weighted by Gasteiger charge is -2.18. The molecule has 0 saturated carbocycles. The number of halogens is 3. The first-order valence-electron chi connectivity index (χ1n) is 6.52. The van der Waals surface area contributed by atoms with Gasteiger partial charge < -0.3 is 0 Å². The van der Waals surface area contributed by atoms with Crippen molar-refractivity contribution in [3.05, 3.63) is 65.5 Å². The van der Waals surface area contributed by atoms with E-state index in [9.17, 15) is 18.0 Å². The van der Waals surface area contributed by atoms with Crippen molar-refractivity contribution in [2.75, 3.05) is 6.54 Å². The third-order valence-corrected chi connectivity index (χ3v) is 3.05. The third kappa shape index (κ3) is 3.82. The van der Waals surface area contributed by atoms with Gasteiger partial charge in [-0.3, -0.25) is 14.8 Å². The van der Waals surface area contributed by atoms with Crippen molar-refractivity contribution < 1.29 is 18.0 Å². The van der Waals surface area contributed by atoms with Gasteiger partial charge in [-0.2, -0.15) is 13.2 Å². The zero-order valence-electron chi connectivity index (χ0n) is 11.5. The van der Waals surface area contributed by atoms with E-state index in [4.69, 9.17) is 5.84 Å². The van der Waals surface area contributed by atoms with Crippen LogP contribution in [0.15, 0.2) is 48.7 Å². The quantitative estimate of drug-likeness (QED) is 0.536. The number of amides is 1. The number of benzene rings is 1. The summed E-state index contributed by atoms with van der Waals surface area (Å²) < 4.78 is 38.5. The molecule has 0 unspecified atom stereocenters. The Morgan fingerprint density at radius 1 is 1.14 bits per heavy atom. The van der Waals surface area contributed by atoms with E-state index in [-0.39, 0.29) is 6.54 Å². The minimum absolute atomic E-state index is 0.106. The Kier molecular flexibility index (Phi) is 4.77. The van der Waals surface area contributed by atoms with Gasteiger partial charge in [0.15, 0.2) is 5.69 Å². The third-order valence-electron chi connectivity index (χ3n) is 3.05. The molecule has 0 saturated heterocycles. The number of hydrogen-bond donors (Lipinski definition) is 1. The van der Waals surface area contributed by atoms with Crippen LogP contribution in [0.1, 0.15) is 21.6 Å². The van der Waals surface area contributed by atoms with Crippen LogP contribution in [-0.4, -0.2) is 22.4 Å². The second-order valence-corrected chi connectivity index (χ2v) is 4.63. The molecule has 0 aliphatic heterocycles. The molecule has 4 nitrogen and oxygen atoms in total. The van der Waals surface area contributed by atoms with E-state index in [1.54, 1.807) is 0 Å². The molecule has 0 aliphatic carbocycles. The van der Waals surface area contributed by atoms with Crippen molar-refractivity contribution in [2.24, 2.45) is 5.84 Å². The van der Waals surface area contributed by atoms with Crippen LogP contribution in [0.2, 0.25) is 0 Å². The minimum atomic E-state index is -4.70. The zero-order chi connectivity index (χ0) is 16.2. The van der Waals surface area contributed by atoms with Gasteiger partial charge in [-0.05, 0) is 24.1 Å². The lowest BCUT2D eigenvalue weighted by atomic mass is 10.1. The highest BCUT2D eigenvalue weighted by Crippen LogP contribution is 2.30. The topological polar surface area (TPSA) is 59.2 Å². The Labute approximate surface area is 125 Å². The Morgan fingerprint density at radius 3 is 2.45 bits per heavy atom. The summed E-state index contributed by atoms with van der Waals surface area (Å²) in [5.74, 6) is 4.69. The lowest BCUT2D eigenvalue weighted by molar-refractivity contribution is -0.141. The molecular formula is C15H14F3N3O. The van der Waals surface area contributed by atoms with E-state index in [0.717, 1.165) is 22.8 Å². The highest BCUT2D eigenvalue weighted by atomic mass is 19.4. The van der Waals surface area contributed by atoms with Gasteiger partial charge in [-0.15, -0.1) is 0 Å². The molecular weight excluding hydrogens is 295 g/mol. The Bertz CT molecular complexity index is 644. The van der Waals surface area contributed by atoms with E-state index >= 15 is 0 Å². The number of hydrazine groups is 1. The summed E-state index contributed by atoms with van der Waals surface area (Å²) in [6.07, 6.45) is -3.26. The number of nitrogens with two attached hydrogens (primary N) is 1. The van der Waals surface area contributed by atoms with Gasteiger partial charge in [-0.1, -0.05) is 30.3 Å². The summed E-state index contributed by atoms with van der Waals surface area (Å²) in [7, 11) is 0. The summed E-state index contributed by atoms with van der Waals surface area (Å²) in [5, 5.41) is 0.777. The summed E-state index contributed by atoms with van der Waals surface area (Å²) in [5.41, 5.74) is -0.839. The molecule has 0 aliphatic rings. The van der Waals surface area contributed by atoms with Crippen molar-refractivity contribution >= 4 is 5.91 Å². The van der Waals surface area contributed by atoms with Crippen molar-refractivity contribution in [1.29, 1.82) is 0 Å². The number of carbonyl (C=O) groups excluding carboxylic acids is 1. The first kappa shape index (κ1) is 16.0. The Hall–Kier alpha value is -2.41. The van der Waals surface area contributed by atoms with Crippen LogP contribution >= 0.6 is 0 Å². The maximum absolute atomic E-state index is 12.8. The lowest BCUT2D eigenvalue weighted by Crippen LogP contribution is -2.40. The van der Waals surface area contributed by atoms with Gasteiger partial charge >= 0.3 is 6.18 Å². The number of aromatic nitrogens is 1. The van der Waals surface area contributed by atoms with Crippen LogP contribution in [0.25, 0.3) is 0 Å². The van der Waals surface area contributed by atoms with E-state index in [2.05, 4.69) is 4.98 Å². The van der Waals surface area contributed by atoms with Gasteiger partial charge in [-0.25, -0.2) is 5.84 Å². The number of alkyl halides is 3. The van der Waals surface area contributed by atoms with Gasteiger partial charge in [0.05, 0.1) is 5.56 Å². The van der Waals surface area contributed by atoms with Gasteiger partial charge in [0.1, 0.15) is 0 Å². The summed E-state index contributed by atoms with van der Waals surface area (Å²) in [4.78, 5) is 15.3. The molecule has 1 aromatic heterocycles. The monoisotopic (exact) mass is 309 g/mol. The molecule has 0 fully saturated rings. The van der Waals surface area contributed by atoms with E-state index in [1.807, 2.05) is 30.3 Å². The number of pyridine rings is 1. The molecule has 1 aromatic carbocycles. The standard InChI is InChI=1S/C15H14F3N3O/c16-15(17,18)13-12(7-4-9-20-13)14(22)21(19)10-8-11-5-2-1-3-6-11/h1-7,9H,8,10,19H2. The highest BCUT2D eigenvalue weighted by molar-refractivity contribution is 5.95. The number of rotatable bonds is 4. The number of carbonyl (C=O) groups is 1. The minimum Gasteiger partial charge on any atom is -0.276 e. The zero-order valence-corrected chi connectivity index (χ0v) is 11.5. The van der Waals surface area contributed by atoms with E-state index in [0.29, 0.717) is 6.42 Å². The summed E-state index contributed by atoms with van der Waals surface area (Å²) in [6, 6.07) is 11.6. The largest absolute Gasteiger partial charge is 0.434 e. The molecule has 2 N–H and O–H groups in total. The molecule has 2 rings (SSSR count). The van der Waals surface area contributed by atoms with E-state index < -0.39 is 23.3 Å². The normalized spacial score (nSPS) is 11.3. The molecule has 0 bridgehead atoms. The maximum Gasteiger partial charge on any atom is 0.434 e. The maximum atomic E-state index is 12.8. The summed E-state index contributed by atoms with van der Waals surface area (Å²) >= 11 is 0. The summed E-state index contributed by atoms with van der Waals surface area (Å²) in [6.45, 7) is 0.106. The van der Waals surface area contributed by atoms with Crippen molar-refractivity contribution in [2.45, 2.75) is 12.6 Å². The first-order valence-corrected chi connectivity index (χ1v) is 6.52. The smallest absolute Gasteiger partial charge is 0.276 e. The second kappa shape index (κ2) is 6.57. The number of hydrogen-bond acceptors (Lipinski definition) is 3. The molecule has 22 heavy (non-hydrogen) atoms. The molecule has 1 heterocycles.